The third-order valence-corrected chi connectivity index (χ3v) is 8.94. The highest BCUT2D eigenvalue weighted by atomic mass is 35.5. The molecular formula is C27H34ClFN6O2S. The van der Waals surface area contributed by atoms with Gasteiger partial charge in [-0.05, 0) is 102 Å². The molecule has 3 aromatic rings. The van der Waals surface area contributed by atoms with Gasteiger partial charge in [0.1, 0.15) is 11.6 Å². The minimum absolute atomic E-state index is 0.224. The maximum Gasteiger partial charge on any atom is 0.237 e. The molecule has 0 amide bonds. The highest BCUT2D eigenvalue weighted by molar-refractivity contribution is 7.94. The second-order valence-corrected chi connectivity index (χ2v) is 13.6. The Morgan fingerprint density at radius 2 is 1.71 bits per heavy atom. The van der Waals surface area contributed by atoms with Crippen LogP contribution in [0.3, 0.4) is 0 Å². The van der Waals surface area contributed by atoms with Gasteiger partial charge in [-0.2, -0.15) is 4.98 Å². The van der Waals surface area contributed by atoms with Crippen LogP contribution in [0.4, 0.5) is 33.2 Å². The summed E-state index contributed by atoms with van der Waals surface area (Å²) in [5.41, 5.74) is 2.94. The van der Waals surface area contributed by atoms with Gasteiger partial charge in [-0.3, -0.25) is 4.72 Å². The van der Waals surface area contributed by atoms with Crippen molar-refractivity contribution in [2.45, 2.75) is 51.2 Å². The summed E-state index contributed by atoms with van der Waals surface area (Å²) in [4.78, 5) is 11.1. The molecular weight excluding hydrogens is 527 g/mol. The minimum atomic E-state index is -3.63. The van der Waals surface area contributed by atoms with E-state index in [1.807, 2.05) is 19.1 Å². The zero-order valence-electron chi connectivity index (χ0n) is 22.3. The lowest BCUT2D eigenvalue weighted by atomic mass is 9.89. The SMILES string of the molecule is Cc1cnc(Nc2ccc(C3CCN(C)CC3)c(F)c2)nc1Nc1cc(Cl)cc(NS(=O)(=O)C(C)(C)C)c1. The largest absolute Gasteiger partial charge is 0.340 e. The van der Waals surface area contributed by atoms with E-state index in [0.717, 1.165) is 37.1 Å². The van der Waals surface area contributed by atoms with E-state index in [2.05, 4.69) is 37.3 Å². The van der Waals surface area contributed by atoms with Gasteiger partial charge in [0.25, 0.3) is 0 Å². The quantitative estimate of drug-likeness (QED) is 0.307. The molecule has 8 nitrogen and oxygen atoms in total. The molecule has 1 aromatic heterocycles. The van der Waals surface area contributed by atoms with E-state index in [1.54, 1.807) is 45.2 Å². The number of aryl methyl sites for hydroxylation is 1. The smallest absolute Gasteiger partial charge is 0.237 e. The van der Waals surface area contributed by atoms with Crippen LogP contribution in [0.15, 0.2) is 42.6 Å². The molecule has 1 aliphatic rings. The predicted molar refractivity (Wildman–Crippen MR) is 153 cm³/mol. The Hall–Kier alpha value is -2.95. The number of nitrogens with zero attached hydrogens (tertiary/aromatic N) is 3. The van der Waals surface area contributed by atoms with Gasteiger partial charge in [0.2, 0.25) is 16.0 Å². The summed E-state index contributed by atoms with van der Waals surface area (Å²) in [6, 6.07) is 10.0. The molecule has 0 bridgehead atoms. The first-order chi connectivity index (χ1) is 17.8. The molecule has 3 N–H and O–H groups in total. The Morgan fingerprint density at radius 1 is 1.03 bits per heavy atom. The lowest BCUT2D eigenvalue weighted by Crippen LogP contribution is -2.33. The number of piperidine rings is 1. The molecule has 0 unspecified atom stereocenters. The zero-order chi connectivity index (χ0) is 27.7. The summed E-state index contributed by atoms with van der Waals surface area (Å²) in [6.07, 6.45) is 3.53. The number of rotatable bonds is 7. The van der Waals surface area contributed by atoms with E-state index in [-0.39, 0.29) is 11.7 Å². The first-order valence-corrected chi connectivity index (χ1v) is 14.4. The summed E-state index contributed by atoms with van der Waals surface area (Å²) in [7, 11) is -1.54. The fourth-order valence-electron chi connectivity index (χ4n) is 4.18. The average molecular weight is 561 g/mol. The van der Waals surface area contributed by atoms with E-state index in [9.17, 15) is 12.8 Å². The van der Waals surface area contributed by atoms with E-state index >= 15 is 0 Å². The highest BCUT2D eigenvalue weighted by Crippen LogP contribution is 2.32. The van der Waals surface area contributed by atoms with Crippen LogP contribution in [0.1, 0.15) is 50.7 Å². The number of hydrogen-bond acceptors (Lipinski definition) is 7. The van der Waals surface area contributed by atoms with Gasteiger partial charge in [-0.15, -0.1) is 0 Å². The molecule has 0 atom stereocenters. The van der Waals surface area contributed by atoms with Gasteiger partial charge < -0.3 is 15.5 Å². The lowest BCUT2D eigenvalue weighted by Gasteiger charge is -2.29. The molecule has 0 aliphatic carbocycles. The number of benzene rings is 2. The van der Waals surface area contributed by atoms with Crippen molar-refractivity contribution in [1.29, 1.82) is 0 Å². The number of sulfonamides is 1. The van der Waals surface area contributed by atoms with Gasteiger partial charge in [-0.1, -0.05) is 17.7 Å². The Bertz CT molecular complexity index is 1420. The van der Waals surface area contributed by atoms with Gasteiger partial charge in [0.15, 0.2) is 0 Å². The molecule has 2 heterocycles. The maximum atomic E-state index is 15.0. The van der Waals surface area contributed by atoms with Crippen LogP contribution in [-0.2, 0) is 10.0 Å². The van der Waals surface area contributed by atoms with Gasteiger partial charge in [0.05, 0.1) is 10.4 Å². The molecule has 0 radical (unpaired) electrons. The Kier molecular flexibility index (Phi) is 8.15. The summed E-state index contributed by atoms with van der Waals surface area (Å²) < 4.78 is 41.7. The topological polar surface area (TPSA) is 99.2 Å². The fourth-order valence-corrected chi connectivity index (χ4v) is 5.15. The van der Waals surface area contributed by atoms with Gasteiger partial charge in [-0.25, -0.2) is 17.8 Å². The number of hydrogen-bond donors (Lipinski definition) is 3. The van der Waals surface area contributed by atoms with E-state index in [4.69, 9.17) is 11.6 Å². The summed E-state index contributed by atoms with van der Waals surface area (Å²) in [5, 5.41) is 6.61. The van der Waals surface area contributed by atoms with Crippen molar-refractivity contribution in [3.05, 3.63) is 64.6 Å². The number of nitrogens with one attached hydrogen (secondary N) is 3. The van der Waals surface area contributed by atoms with Crippen molar-refractivity contribution in [3.8, 4) is 0 Å². The highest BCUT2D eigenvalue weighted by Gasteiger charge is 2.29. The second-order valence-electron chi connectivity index (χ2n) is 10.7. The molecule has 11 heteroatoms. The van der Waals surface area contributed by atoms with Gasteiger partial charge in [0, 0.05) is 28.2 Å². The van der Waals surface area contributed by atoms with Crippen LogP contribution in [-0.4, -0.2) is 48.2 Å². The van der Waals surface area contributed by atoms with Crippen LogP contribution in [0.2, 0.25) is 5.02 Å². The summed E-state index contributed by atoms with van der Waals surface area (Å²) in [5.74, 6) is 0.777. The monoisotopic (exact) mass is 560 g/mol. The molecule has 0 saturated carbocycles. The third-order valence-electron chi connectivity index (χ3n) is 6.61. The molecule has 1 saturated heterocycles. The fraction of sp³-hybridized carbons (Fsp3) is 0.407. The molecule has 1 fully saturated rings. The normalized spacial score (nSPS) is 15.3. The zero-order valence-corrected chi connectivity index (χ0v) is 23.8. The summed E-state index contributed by atoms with van der Waals surface area (Å²) in [6.45, 7) is 8.63. The Labute approximate surface area is 229 Å². The first kappa shape index (κ1) is 28.1. The van der Waals surface area contributed by atoms with E-state index in [1.165, 1.54) is 6.07 Å². The first-order valence-electron chi connectivity index (χ1n) is 12.5. The lowest BCUT2D eigenvalue weighted by molar-refractivity contribution is 0.253. The van der Waals surface area contributed by atoms with E-state index in [0.29, 0.717) is 33.9 Å². The number of anilines is 5. The van der Waals surface area contributed by atoms with Crippen molar-refractivity contribution < 1.29 is 12.8 Å². The Morgan fingerprint density at radius 3 is 2.37 bits per heavy atom. The molecule has 2 aromatic carbocycles. The Balaban J connectivity index is 1.51. The number of aromatic nitrogens is 2. The minimum Gasteiger partial charge on any atom is -0.340 e. The molecule has 38 heavy (non-hydrogen) atoms. The van der Waals surface area contributed by atoms with Crippen molar-refractivity contribution in [1.82, 2.24) is 14.9 Å². The van der Waals surface area contributed by atoms with Crippen LogP contribution in [0.25, 0.3) is 0 Å². The van der Waals surface area contributed by atoms with E-state index < -0.39 is 14.8 Å². The molecule has 1 aliphatic heterocycles. The third kappa shape index (κ3) is 6.73. The van der Waals surface area contributed by atoms with Crippen LogP contribution < -0.4 is 15.4 Å². The molecule has 4 rings (SSSR count). The molecule has 0 spiro atoms. The van der Waals surface area contributed by atoms with Crippen molar-refractivity contribution >= 4 is 50.5 Å². The van der Waals surface area contributed by atoms with Crippen LogP contribution in [0.5, 0.6) is 0 Å². The maximum absolute atomic E-state index is 15.0. The predicted octanol–water partition coefficient (Wildman–Crippen LogP) is 6.41. The van der Waals surface area contributed by atoms with Crippen LogP contribution in [0, 0.1) is 12.7 Å². The number of halogens is 2. The van der Waals surface area contributed by atoms with Crippen molar-refractivity contribution in [2.24, 2.45) is 0 Å². The van der Waals surface area contributed by atoms with Crippen molar-refractivity contribution in [3.63, 3.8) is 0 Å². The standard InChI is InChI=1S/C27H34ClFN6O2S/c1-17-16-30-26(32-20-6-7-23(24(29)15-20)18-8-10-35(5)11-9-18)33-25(17)31-21-12-19(28)13-22(14-21)34-38(36,37)27(2,3)4/h6-7,12-16,18,34H,8-11H2,1-5H3,(H2,30,31,32,33). The van der Waals surface area contributed by atoms with Gasteiger partial charge >= 0.3 is 0 Å². The number of likely N-dealkylation sites (tertiary alicyclic amines) is 1. The average Bonchev–Trinajstić information content (AvgIpc) is 2.81. The van der Waals surface area contributed by atoms with Crippen LogP contribution >= 0.6 is 11.6 Å². The van der Waals surface area contributed by atoms with Crippen molar-refractivity contribution in [2.75, 3.05) is 35.5 Å². The summed E-state index contributed by atoms with van der Waals surface area (Å²) >= 11 is 6.27. The second kappa shape index (κ2) is 11.0. The molecule has 204 valence electrons.